The van der Waals surface area contributed by atoms with Crippen LogP contribution in [0.2, 0.25) is 5.02 Å². The topological polar surface area (TPSA) is 74.6 Å². The average Bonchev–Trinajstić information content (AvgIpc) is 2.02. The molecule has 0 saturated carbocycles. The predicted molar refractivity (Wildman–Crippen MR) is 45.3 cm³/mol. The normalized spacial score (nSPS) is 9.86. The molecule has 0 radical (unpaired) electrons. The number of halogens is 2. The molecule has 1 aromatic rings. The molecule has 0 unspecified atom stereocenters. The van der Waals surface area contributed by atoms with E-state index in [9.17, 15) is 14.0 Å². The van der Waals surface area contributed by atoms with Gasteiger partial charge in [-0.15, -0.1) is 0 Å². The lowest BCUT2D eigenvalue weighted by molar-refractivity contribution is 0.0692. The molecule has 6 heteroatoms. The molecule has 0 aromatic heterocycles. The summed E-state index contributed by atoms with van der Waals surface area (Å²) in [5.74, 6) is -4.07. The predicted octanol–water partition coefficient (Wildman–Crippen LogP) is 1.88. The Morgan fingerprint density at radius 3 is 2.21 bits per heavy atom. The third kappa shape index (κ3) is 1.67. The van der Waals surface area contributed by atoms with Crippen LogP contribution in [-0.2, 0) is 0 Å². The minimum absolute atomic E-state index is 0.439. The van der Waals surface area contributed by atoms with Gasteiger partial charge in [0.1, 0.15) is 11.4 Å². The van der Waals surface area contributed by atoms with Crippen LogP contribution in [-0.4, -0.2) is 22.2 Å². The number of rotatable bonds is 2. The molecule has 0 saturated heterocycles. The third-order valence-corrected chi connectivity index (χ3v) is 1.93. The standard InChI is InChI=1S/C8H4ClFO4/c9-6-3(7(11)12)1-2-4(10)5(6)8(13)14/h1-2H,(H,11,12)(H,13,14). The lowest BCUT2D eigenvalue weighted by Gasteiger charge is -2.03. The van der Waals surface area contributed by atoms with Gasteiger partial charge in [0.15, 0.2) is 0 Å². The van der Waals surface area contributed by atoms with E-state index in [1.807, 2.05) is 0 Å². The van der Waals surface area contributed by atoms with Crippen molar-refractivity contribution in [3.05, 3.63) is 34.1 Å². The number of benzene rings is 1. The van der Waals surface area contributed by atoms with Crippen molar-refractivity contribution in [2.24, 2.45) is 0 Å². The Labute approximate surface area is 82.5 Å². The quantitative estimate of drug-likeness (QED) is 0.795. The highest BCUT2D eigenvalue weighted by Crippen LogP contribution is 2.23. The van der Waals surface area contributed by atoms with Crippen LogP contribution < -0.4 is 0 Å². The Kier molecular flexibility index (Phi) is 2.71. The van der Waals surface area contributed by atoms with Crippen LogP contribution >= 0.6 is 11.6 Å². The van der Waals surface area contributed by atoms with Crippen molar-refractivity contribution in [1.29, 1.82) is 0 Å². The van der Waals surface area contributed by atoms with Crippen molar-refractivity contribution in [2.45, 2.75) is 0 Å². The van der Waals surface area contributed by atoms with Gasteiger partial charge in [0.2, 0.25) is 0 Å². The average molecular weight is 219 g/mol. The molecule has 4 nitrogen and oxygen atoms in total. The first kappa shape index (κ1) is 10.5. The summed E-state index contributed by atoms with van der Waals surface area (Å²) in [5, 5.41) is 16.5. The molecule has 0 atom stereocenters. The molecule has 0 fully saturated rings. The van der Waals surface area contributed by atoms with Crippen LogP contribution in [0.3, 0.4) is 0 Å². The van der Waals surface area contributed by atoms with Crippen molar-refractivity contribution < 1.29 is 24.2 Å². The summed E-state index contributed by atoms with van der Waals surface area (Å²) in [5.41, 5.74) is -1.27. The van der Waals surface area contributed by atoms with E-state index in [0.29, 0.717) is 0 Å². The summed E-state index contributed by atoms with van der Waals surface area (Å²) < 4.78 is 12.9. The van der Waals surface area contributed by atoms with Gasteiger partial charge in [0.25, 0.3) is 0 Å². The van der Waals surface area contributed by atoms with E-state index in [1.165, 1.54) is 0 Å². The van der Waals surface area contributed by atoms with Gasteiger partial charge in [-0.25, -0.2) is 14.0 Å². The van der Waals surface area contributed by atoms with Gasteiger partial charge >= 0.3 is 11.9 Å². The lowest BCUT2D eigenvalue weighted by Crippen LogP contribution is -2.07. The van der Waals surface area contributed by atoms with E-state index in [4.69, 9.17) is 21.8 Å². The summed E-state index contributed by atoms with van der Waals surface area (Å²) in [4.78, 5) is 21.0. The molecule has 14 heavy (non-hydrogen) atoms. The summed E-state index contributed by atoms with van der Waals surface area (Å²) in [7, 11) is 0. The first-order valence-corrected chi connectivity index (χ1v) is 3.77. The van der Waals surface area contributed by atoms with Crippen LogP contribution in [0.25, 0.3) is 0 Å². The molecule has 0 bridgehead atoms. The fourth-order valence-electron chi connectivity index (χ4n) is 0.914. The lowest BCUT2D eigenvalue weighted by atomic mass is 10.1. The minimum atomic E-state index is -1.60. The van der Waals surface area contributed by atoms with Crippen LogP contribution in [0.15, 0.2) is 12.1 Å². The molecule has 74 valence electrons. The molecule has 0 aliphatic heterocycles. The number of carboxylic acid groups (broad SMARTS) is 2. The van der Waals surface area contributed by atoms with Gasteiger partial charge in [-0.1, -0.05) is 11.6 Å². The first-order valence-electron chi connectivity index (χ1n) is 3.39. The van der Waals surface area contributed by atoms with E-state index >= 15 is 0 Å². The molecule has 1 aromatic carbocycles. The molecule has 0 aliphatic carbocycles. The van der Waals surface area contributed by atoms with Crippen molar-refractivity contribution in [3.8, 4) is 0 Å². The molecule has 2 N–H and O–H groups in total. The Hall–Kier alpha value is -1.62. The summed E-state index contributed by atoms with van der Waals surface area (Å²) in [6.45, 7) is 0. The Bertz CT molecular complexity index is 416. The second-order valence-electron chi connectivity index (χ2n) is 2.39. The van der Waals surface area contributed by atoms with Crippen molar-refractivity contribution in [1.82, 2.24) is 0 Å². The SMILES string of the molecule is O=C(O)c1ccc(F)c(C(=O)O)c1Cl. The van der Waals surface area contributed by atoms with Crippen LogP contribution in [0, 0.1) is 5.82 Å². The van der Waals surface area contributed by atoms with E-state index in [1.54, 1.807) is 0 Å². The van der Waals surface area contributed by atoms with Gasteiger partial charge in [0, 0.05) is 0 Å². The van der Waals surface area contributed by atoms with Gasteiger partial charge in [0.05, 0.1) is 10.6 Å². The van der Waals surface area contributed by atoms with Gasteiger partial charge in [-0.2, -0.15) is 0 Å². The highest BCUT2D eigenvalue weighted by Gasteiger charge is 2.20. The number of carboxylic acids is 2. The smallest absolute Gasteiger partial charge is 0.340 e. The number of hydrogen-bond acceptors (Lipinski definition) is 2. The molecule has 0 spiro atoms. The van der Waals surface area contributed by atoms with Crippen LogP contribution in [0.4, 0.5) is 4.39 Å². The van der Waals surface area contributed by atoms with E-state index in [2.05, 4.69) is 0 Å². The molecule has 0 amide bonds. The van der Waals surface area contributed by atoms with Gasteiger partial charge < -0.3 is 10.2 Å². The Morgan fingerprint density at radius 2 is 1.79 bits per heavy atom. The third-order valence-electron chi connectivity index (χ3n) is 1.54. The number of aromatic carboxylic acids is 2. The van der Waals surface area contributed by atoms with Crippen molar-refractivity contribution in [2.75, 3.05) is 0 Å². The summed E-state index contributed by atoms with van der Waals surface area (Å²) in [6, 6.07) is 1.66. The fraction of sp³-hybridized carbons (Fsp3) is 0. The largest absolute Gasteiger partial charge is 0.478 e. The highest BCUT2D eigenvalue weighted by atomic mass is 35.5. The molecule has 0 heterocycles. The molecule has 1 rings (SSSR count). The fourth-order valence-corrected chi connectivity index (χ4v) is 1.23. The number of carbonyl (C=O) groups is 2. The Balaban J connectivity index is 3.49. The van der Waals surface area contributed by atoms with Gasteiger partial charge in [-0.3, -0.25) is 0 Å². The maximum absolute atomic E-state index is 12.9. The highest BCUT2D eigenvalue weighted by molar-refractivity contribution is 6.36. The van der Waals surface area contributed by atoms with Crippen LogP contribution in [0.1, 0.15) is 20.7 Å². The minimum Gasteiger partial charge on any atom is -0.478 e. The zero-order valence-corrected chi connectivity index (χ0v) is 7.38. The summed E-state index contributed by atoms with van der Waals surface area (Å²) in [6.07, 6.45) is 0. The molecular weight excluding hydrogens is 215 g/mol. The maximum atomic E-state index is 12.9. The number of hydrogen-bond donors (Lipinski definition) is 2. The monoisotopic (exact) mass is 218 g/mol. The van der Waals surface area contributed by atoms with E-state index < -0.39 is 33.9 Å². The Morgan fingerprint density at radius 1 is 1.21 bits per heavy atom. The second-order valence-corrected chi connectivity index (χ2v) is 2.77. The van der Waals surface area contributed by atoms with Gasteiger partial charge in [-0.05, 0) is 12.1 Å². The summed E-state index contributed by atoms with van der Waals surface area (Å²) >= 11 is 5.40. The van der Waals surface area contributed by atoms with Crippen LogP contribution in [0.5, 0.6) is 0 Å². The molecule has 0 aliphatic rings. The van der Waals surface area contributed by atoms with Crippen molar-refractivity contribution >= 4 is 23.5 Å². The molecular formula is C8H4ClFO4. The van der Waals surface area contributed by atoms with Crippen molar-refractivity contribution in [3.63, 3.8) is 0 Å². The zero-order valence-electron chi connectivity index (χ0n) is 6.62. The van der Waals surface area contributed by atoms with E-state index in [-0.39, 0.29) is 0 Å². The maximum Gasteiger partial charge on any atom is 0.340 e. The second kappa shape index (κ2) is 3.63. The van der Waals surface area contributed by atoms with E-state index in [0.717, 1.165) is 12.1 Å². The first-order chi connectivity index (χ1) is 6.45. The zero-order chi connectivity index (χ0) is 10.9.